The summed E-state index contributed by atoms with van der Waals surface area (Å²) in [6.07, 6.45) is 3.65. The van der Waals surface area contributed by atoms with Crippen molar-refractivity contribution in [2.24, 2.45) is 5.92 Å². The highest BCUT2D eigenvalue weighted by Crippen LogP contribution is 2.34. The van der Waals surface area contributed by atoms with Gasteiger partial charge in [-0.2, -0.15) is 0 Å². The molecule has 0 unspecified atom stereocenters. The van der Waals surface area contributed by atoms with Crippen molar-refractivity contribution in [3.05, 3.63) is 42.0 Å². The Kier molecular flexibility index (Phi) is 8.49. The average Bonchev–Trinajstić information content (AvgIpc) is 2.90. The van der Waals surface area contributed by atoms with Crippen molar-refractivity contribution in [3.63, 3.8) is 0 Å². The lowest BCUT2D eigenvalue weighted by Crippen LogP contribution is -2.51. The number of likely N-dealkylation sites (N-methyl/N-ethyl adjacent to an activating group) is 1. The second kappa shape index (κ2) is 11.6. The molecule has 1 aliphatic carbocycles. The first-order chi connectivity index (χ1) is 17.8. The minimum Gasteiger partial charge on any atom is -0.495 e. The molecule has 1 heterocycles. The van der Waals surface area contributed by atoms with Gasteiger partial charge >= 0.3 is 0 Å². The lowest BCUT2D eigenvalue weighted by atomic mass is 9.84. The maximum absolute atomic E-state index is 13.4. The third-order valence-electron chi connectivity index (χ3n) is 7.41. The molecule has 0 N–H and O–H groups in total. The van der Waals surface area contributed by atoms with Gasteiger partial charge in [0.2, 0.25) is 15.9 Å². The zero-order valence-electron chi connectivity index (χ0n) is 22.1. The molecule has 2 aromatic carbocycles. The Morgan fingerprint density at radius 3 is 2.16 bits per heavy atom. The third kappa shape index (κ3) is 5.80. The van der Waals surface area contributed by atoms with E-state index in [4.69, 9.17) is 14.2 Å². The normalized spacial score (nSPS) is 16.5. The molecule has 0 aromatic heterocycles. The van der Waals surface area contributed by atoms with Crippen LogP contribution in [0.3, 0.4) is 0 Å². The lowest BCUT2D eigenvalue weighted by molar-refractivity contribution is -0.138. The number of ether oxygens (including phenoxy) is 3. The number of piperazine rings is 1. The molecule has 0 bridgehead atoms. The smallest absolute Gasteiger partial charge is 0.242 e. The van der Waals surface area contributed by atoms with Gasteiger partial charge in [0.05, 0.1) is 31.9 Å². The number of nitrogens with zero attached hydrogens (tertiary/aromatic N) is 3. The van der Waals surface area contributed by atoms with Crippen molar-refractivity contribution >= 4 is 21.6 Å². The molecular formula is C27H37N3O6S. The van der Waals surface area contributed by atoms with Crippen LogP contribution >= 0.6 is 0 Å². The second-order valence-corrected chi connectivity index (χ2v) is 11.6. The molecule has 9 nitrogen and oxygen atoms in total. The summed E-state index contributed by atoms with van der Waals surface area (Å²) in [5, 5.41) is 0. The summed E-state index contributed by atoms with van der Waals surface area (Å²) >= 11 is 0. The average molecular weight is 532 g/mol. The lowest BCUT2D eigenvalue weighted by Gasteiger charge is -2.39. The maximum atomic E-state index is 13.4. The first kappa shape index (κ1) is 27.1. The van der Waals surface area contributed by atoms with Crippen LogP contribution in [0, 0.1) is 5.92 Å². The highest BCUT2D eigenvalue weighted by atomic mass is 32.2. The molecule has 4 rings (SSSR count). The van der Waals surface area contributed by atoms with Crippen molar-refractivity contribution in [1.29, 1.82) is 0 Å². The van der Waals surface area contributed by atoms with E-state index in [2.05, 4.69) is 4.90 Å². The number of sulfonamides is 1. The van der Waals surface area contributed by atoms with Gasteiger partial charge in [0, 0.05) is 45.7 Å². The van der Waals surface area contributed by atoms with E-state index in [1.54, 1.807) is 46.6 Å². The highest BCUT2D eigenvalue weighted by Gasteiger charge is 2.32. The minimum atomic E-state index is -3.72. The van der Waals surface area contributed by atoms with E-state index in [1.807, 2.05) is 23.1 Å². The minimum absolute atomic E-state index is 0.184. The molecule has 10 heteroatoms. The molecule has 1 saturated carbocycles. The molecule has 37 heavy (non-hydrogen) atoms. The Balaban J connectivity index is 1.45. The summed E-state index contributed by atoms with van der Waals surface area (Å²) < 4.78 is 44.4. The van der Waals surface area contributed by atoms with Crippen LogP contribution < -0.4 is 19.1 Å². The highest BCUT2D eigenvalue weighted by molar-refractivity contribution is 7.89. The van der Waals surface area contributed by atoms with Gasteiger partial charge < -0.3 is 24.0 Å². The molecule has 0 radical (unpaired) electrons. The van der Waals surface area contributed by atoms with E-state index in [0.717, 1.165) is 30.5 Å². The van der Waals surface area contributed by atoms with Crippen molar-refractivity contribution in [2.75, 3.05) is 66.0 Å². The van der Waals surface area contributed by atoms with E-state index in [1.165, 1.54) is 4.31 Å². The number of anilines is 1. The molecule has 1 saturated heterocycles. The summed E-state index contributed by atoms with van der Waals surface area (Å²) in [6, 6.07) is 10.6. The molecule has 2 fully saturated rings. The fourth-order valence-corrected chi connectivity index (χ4v) is 5.97. The van der Waals surface area contributed by atoms with Gasteiger partial charge in [-0.15, -0.1) is 0 Å². The number of carbonyl (C=O) groups excluding carboxylic acids is 1. The van der Waals surface area contributed by atoms with E-state index in [0.29, 0.717) is 56.4 Å². The Morgan fingerprint density at radius 2 is 1.57 bits per heavy atom. The zero-order chi connectivity index (χ0) is 26.6. The van der Waals surface area contributed by atoms with Crippen molar-refractivity contribution < 1.29 is 27.4 Å². The van der Waals surface area contributed by atoms with E-state index < -0.39 is 10.0 Å². The van der Waals surface area contributed by atoms with Crippen molar-refractivity contribution in [1.82, 2.24) is 9.21 Å². The monoisotopic (exact) mass is 531 g/mol. The molecular weight excluding hydrogens is 494 g/mol. The summed E-state index contributed by atoms with van der Waals surface area (Å²) in [5.74, 6) is 2.30. The fraction of sp³-hybridized carbons (Fsp3) is 0.519. The van der Waals surface area contributed by atoms with E-state index >= 15 is 0 Å². The Hall–Kier alpha value is -2.98. The van der Waals surface area contributed by atoms with Crippen LogP contribution in [-0.2, 0) is 21.2 Å². The molecule has 2 aromatic rings. The van der Waals surface area contributed by atoms with Crippen LogP contribution in [0.15, 0.2) is 41.3 Å². The quantitative estimate of drug-likeness (QED) is 0.466. The summed E-state index contributed by atoms with van der Waals surface area (Å²) in [5.41, 5.74) is 1.68. The Morgan fingerprint density at radius 1 is 0.919 bits per heavy atom. The first-order valence-electron chi connectivity index (χ1n) is 12.7. The maximum Gasteiger partial charge on any atom is 0.242 e. The number of rotatable bonds is 10. The second-order valence-electron chi connectivity index (χ2n) is 9.54. The van der Waals surface area contributed by atoms with Gasteiger partial charge in [-0.25, -0.2) is 12.7 Å². The van der Waals surface area contributed by atoms with Gasteiger partial charge in [-0.05, 0) is 55.2 Å². The van der Waals surface area contributed by atoms with Crippen LogP contribution in [0.25, 0.3) is 0 Å². The van der Waals surface area contributed by atoms with Crippen LogP contribution in [0.5, 0.6) is 17.2 Å². The van der Waals surface area contributed by atoms with Gasteiger partial charge in [-0.1, -0.05) is 12.5 Å². The predicted octanol–water partition coefficient (Wildman–Crippen LogP) is 3.02. The SMILES string of the molecule is COc1ccc(CCN(C)S(=O)(=O)c2ccc(OC)c(N3CCN(C(=O)C4CCC4)CC3)c2)cc1OC. The molecule has 1 amide bonds. The first-order valence-corrected chi connectivity index (χ1v) is 14.1. The van der Waals surface area contributed by atoms with Crippen molar-refractivity contribution in [3.8, 4) is 17.2 Å². The van der Waals surface area contributed by atoms with Gasteiger partial charge in [-0.3, -0.25) is 4.79 Å². The largest absolute Gasteiger partial charge is 0.495 e. The number of hydrogen-bond donors (Lipinski definition) is 0. The number of methoxy groups -OCH3 is 3. The third-order valence-corrected chi connectivity index (χ3v) is 9.26. The van der Waals surface area contributed by atoms with Crippen molar-refractivity contribution in [2.45, 2.75) is 30.6 Å². The van der Waals surface area contributed by atoms with E-state index in [-0.39, 0.29) is 16.7 Å². The topological polar surface area (TPSA) is 88.6 Å². The van der Waals surface area contributed by atoms with Crippen LogP contribution in [0.4, 0.5) is 5.69 Å². The van der Waals surface area contributed by atoms with Gasteiger partial charge in [0.15, 0.2) is 11.5 Å². The number of amides is 1. The van der Waals surface area contributed by atoms with Gasteiger partial charge in [0.1, 0.15) is 5.75 Å². The number of carbonyl (C=O) groups is 1. The zero-order valence-corrected chi connectivity index (χ0v) is 22.9. The molecule has 1 aliphatic heterocycles. The molecule has 0 spiro atoms. The summed E-state index contributed by atoms with van der Waals surface area (Å²) in [6.45, 7) is 2.82. The number of benzene rings is 2. The molecule has 202 valence electrons. The van der Waals surface area contributed by atoms with E-state index in [9.17, 15) is 13.2 Å². The Labute approximate surface area is 219 Å². The molecule has 2 aliphatic rings. The Bertz CT molecular complexity index is 1210. The fourth-order valence-electron chi connectivity index (χ4n) is 4.78. The van der Waals surface area contributed by atoms with Crippen LogP contribution in [0.1, 0.15) is 24.8 Å². The van der Waals surface area contributed by atoms with Crippen LogP contribution in [-0.4, -0.2) is 84.6 Å². The summed E-state index contributed by atoms with van der Waals surface area (Å²) in [7, 11) is 2.60. The predicted molar refractivity (Wildman–Crippen MR) is 142 cm³/mol. The van der Waals surface area contributed by atoms with Crippen LogP contribution in [0.2, 0.25) is 0 Å². The summed E-state index contributed by atoms with van der Waals surface area (Å²) in [4.78, 5) is 16.9. The standard InChI is InChI=1S/C27H37N3O6S/c1-28(13-12-20-8-10-25(35-3)26(18-20)36-4)37(32,33)22-9-11-24(34-2)23(19-22)29-14-16-30(17-15-29)27(31)21-6-5-7-21/h8-11,18-19,21H,5-7,12-17H2,1-4H3. The van der Waals surface area contributed by atoms with Gasteiger partial charge in [0.25, 0.3) is 0 Å². The molecule has 0 atom stereocenters. The number of hydrogen-bond acceptors (Lipinski definition) is 7.